The van der Waals surface area contributed by atoms with E-state index in [2.05, 4.69) is 10.0 Å². The molecular formula is C32H31ClN2O5S. The first kappa shape index (κ1) is 30.0. The van der Waals surface area contributed by atoms with Gasteiger partial charge in [0.15, 0.2) is 0 Å². The number of carbonyl (C=O) groups excluding carboxylic acids is 2. The summed E-state index contributed by atoms with van der Waals surface area (Å²) in [5, 5.41) is 3.35. The van der Waals surface area contributed by atoms with Crippen LogP contribution in [0.5, 0.6) is 0 Å². The van der Waals surface area contributed by atoms with Crippen LogP contribution in [0, 0.1) is 0 Å². The second-order valence-corrected chi connectivity index (χ2v) is 11.7. The van der Waals surface area contributed by atoms with Gasteiger partial charge in [0.1, 0.15) is 0 Å². The molecule has 0 saturated heterocycles. The Labute approximate surface area is 245 Å². The SMILES string of the molecule is CCOC(=O)c1ccc(NC(=O)CC(CNS(=O)(=O)c2ccc(Cc3ccccc3)cc2)c2ccc(Cl)cc2)cc1. The minimum absolute atomic E-state index is 0.00491. The van der Waals surface area contributed by atoms with Crippen molar-refractivity contribution in [3.8, 4) is 0 Å². The number of halogens is 1. The van der Waals surface area contributed by atoms with Crippen LogP contribution in [0.25, 0.3) is 0 Å². The molecule has 0 aromatic heterocycles. The lowest BCUT2D eigenvalue weighted by Gasteiger charge is -2.18. The molecule has 0 radical (unpaired) electrons. The maximum absolute atomic E-state index is 13.1. The molecule has 7 nitrogen and oxygen atoms in total. The van der Waals surface area contributed by atoms with Gasteiger partial charge in [-0.15, -0.1) is 0 Å². The Morgan fingerprint density at radius 3 is 2.10 bits per heavy atom. The van der Waals surface area contributed by atoms with Gasteiger partial charge in [0.2, 0.25) is 15.9 Å². The third-order valence-corrected chi connectivity index (χ3v) is 8.15. The Morgan fingerprint density at radius 1 is 0.829 bits per heavy atom. The van der Waals surface area contributed by atoms with E-state index in [1.807, 2.05) is 30.3 Å². The first-order valence-electron chi connectivity index (χ1n) is 13.2. The van der Waals surface area contributed by atoms with Gasteiger partial charge in [-0.25, -0.2) is 17.9 Å². The molecule has 4 rings (SSSR count). The Kier molecular flexibility index (Phi) is 10.3. The fourth-order valence-electron chi connectivity index (χ4n) is 4.29. The molecule has 4 aromatic carbocycles. The Bertz CT molecular complexity index is 1560. The second-order valence-electron chi connectivity index (χ2n) is 9.46. The molecule has 0 aliphatic rings. The van der Waals surface area contributed by atoms with E-state index in [4.69, 9.17) is 16.3 Å². The molecule has 0 fully saturated rings. The van der Waals surface area contributed by atoms with Crippen molar-refractivity contribution in [2.24, 2.45) is 0 Å². The van der Waals surface area contributed by atoms with Crippen molar-refractivity contribution in [2.75, 3.05) is 18.5 Å². The number of hydrogen-bond donors (Lipinski definition) is 2. The van der Waals surface area contributed by atoms with Crippen molar-refractivity contribution in [2.45, 2.75) is 30.6 Å². The van der Waals surface area contributed by atoms with Crippen LogP contribution in [0.1, 0.15) is 46.3 Å². The molecule has 2 N–H and O–H groups in total. The van der Waals surface area contributed by atoms with Crippen LogP contribution in [0.2, 0.25) is 5.02 Å². The van der Waals surface area contributed by atoms with Crippen LogP contribution in [0.15, 0.2) is 108 Å². The first-order chi connectivity index (χ1) is 19.7. The normalized spacial score (nSPS) is 12.0. The summed E-state index contributed by atoms with van der Waals surface area (Å²) in [4.78, 5) is 25.0. The lowest BCUT2D eigenvalue weighted by molar-refractivity contribution is -0.116. The number of esters is 1. The van der Waals surface area contributed by atoms with Crippen LogP contribution >= 0.6 is 11.6 Å². The molecule has 9 heteroatoms. The summed E-state index contributed by atoms with van der Waals surface area (Å²) >= 11 is 6.05. The van der Waals surface area contributed by atoms with Crippen molar-refractivity contribution in [3.05, 3.63) is 130 Å². The number of benzene rings is 4. The van der Waals surface area contributed by atoms with Crippen molar-refractivity contribution in [3.63, 3.8) is 0 Å². The van der Waals surface area contributed by atoms with Gasteiger partial charge in [0.05, 0.1) is 17.1 Å². The fraction of sp³-hybridized carbons (Fsp3) is 0.188. The summed E-state index contributed by atoms with van der Waals surface area (Å²) in [6, 6.07) is 30.1. The van der Waals surface area contributed by atoms with E-state index in [0.717, 1.165) is 16.7 Å². The maximum atomic E-state index is 13.1. The van der Waals surface area contributed by atoms with Gasteiger partial charge < -0.3 is 10.1 Å². The summed E-state index contributed by atoms with van der Waals surface area (Å²) in [5.41, 5.74) is 3.80. The molecule has 0 aliphatic heterocycles. The summed E-state index contributed by atoms with van der Waals surface area (Å²) in [6.07, 6.45) is 0.716. The predicted molar refractivity (Wildman–Crippen MR) is 161 cm³/mol. The van der Waals surface area contributed by atoms with Crippen molar-refractivity contribution in [1.82, 2.24) is 4.72 Å². The van der Waals surface area contributed by atoms with Crippen molar-refractivity contribution < 1.29 is 22.7 Å². The lowest BCUT2D eigenvalue weighted by Crippen LogP contribution is -2.30. The molecule has 41 heavy (non-hydrogen) atoms. The molecule has 0 aliphatic carbocycles. The van der Waals surface area contributed by atoms with Gasteiger partial charge in [0.25, 0.3) is 0 Å². The van der Waals surface area contributed by atoms with E-state index in [9.17, 15) is 18.0 Å². The number of rotatable bonds is 12. The standard InChI is InChI=1S/C32H31ClN2O5S/c1-2-40-32(37)26-12-16-29(17-13-26)35-31(36)21-27(25-10-14-28(33)15-11-25)22-34-41(38,39)30-18-8-24(9-19-30)20-23-6-4-3-5-7-23/h3-19,27,34H,2,20-22H2,1H3,(H,35,36). The lowest BCUT2D eigenvalue weighted by atomic mass is 9.95. The molecule has 0 spiro atoms. The number of sulfonamides is 1. The van der Waals surface area contributed by atoms with E-state index in [1.54, 1.807) is 79.7 Å². The van der Waals surface area contributed by atoms with Gasteiger partial charge in [-0.3, -0.25) is 4.79 Å². The van der Waals surface area contributed by atoms with E-state index < -0.39 is 21.9 Å². The summed E-state index contributed by atoms with van der Waals surface area (Å²) in [6.45, 7) is 2.00. The van der Waals surface area contributed by atoms with Crippen LogP contribution in [-0.2, 0) is 26.0 Å². The molecule has 0 bridgehead atoms. The van der Waals surface area contributed by atoms with Crippen LogP contribution < -0.4 is 10.0 Å². The maximum Gasteiger partial charge on any atom is 0.338 e. The van der Waals surface area contributed by atoms with Crippen LogP contribution in [-0.4, -0.2) is 33.4 Å². The molecule has 0 heterocycles. The van der Waals surface area contributed by atoms with Crippen molar-refractivity contribution in [1.29, 1.82) is 0 Å². The number of carbonyl (C=O) groups is 2. The zero-order chi connectivity index (χ0) is 29.2. The first-order valence-corrected chi connectivity index (χ1v) is 15.0. The van der Waals surface area contributed by atoms with Crippen molar-refractivity contribution >= 4 is 39.2 Å². The third kappa shape index (κ3) is 8.75. The monoisotopic (exact) mass is 590 g/mol. The molecule has 1 atom stereocenters. The number of nitrogens with one attached hydrogen (secondary N) is 2. The van der Waals surface area contributed by atoms with Gasteiger partial charge in [0, 0.05) is 29.6 Å². The zero-order valence-corrected chi connectivity index (χ0v) is 24.1. The average Bonchev–Trinajstić information content (AvgIpc) is 2.97. The molecule has 4 aromatic rings. The molecule has 0 saturated carbocycles. The molecule has 212 valence electrons. The van der Waals surface area contributed by atoms with E-state index >= 15 is 0 Å². The largest absolute Gasteiger partial charge is 0.462 e. The Hall–Kier alpha value is -3.98. The summed E-state index contributed by atoms with van der Waals surface area (Å²) in [5.74, 6) is -1.21. The van der Waals surface area contributed by atoms with E-state index in [0.29, 0.717) is 22.7 Å². The number of anilines is 1. The van der Waals surface area contributed by atoms with Gasteiger partial charge in [-0.2, -0.15) is 0 Å². The Balaban J connectivity index is 1.42. The third-order valence-electron chi connectivity index (χ3n) is 6.46. The van der Waals surface area contributed by atoms with Crippen LogP contribution in [0.4, 0.5) is 5.69 Å². The summed E-state index contributed by atoms with van der Waals surface area (Å²) < 4.78 is 33.9. The van der Waals surface area contributed by atoms with Gasteiger partial charge >= 0.3 is 5.97 Å². The minimum Gasteiger partial charge on any atom is -0.462 e. The molecule has 1 unspecified atom stereocenters. The number of hydrogen-bond acceptors (Lipinski definition) is 5. The predicted octanol–water partition coefficient (Wildman–Crippen LogP) is 6.20. The molecule has 1 amide bonds. The summed E-state index contributed by atoms with van der Waals surface area (Å²) in [7, 11) is -3.83. The number of amides is 1. The fourth-order valence-corrected chi connectivity index (χ4v) is 5.50. The van der Waals surface area contributed by atoms with E-state index in [-0.39, 0.29) is 30.4 Å². The Morgan fingerprint density at radius 2 is 1.46 bits per heavy atom. The topological polar surface area (TPSA) is 102 Å². The van der Waals surface area contributed by atoms with E-state index in [1.165, 1.54) is 0 Å². The highest BCUT2D eigenvalue weighted by Gasteiger charge is 2.21. The van der Waals surface area contributed by atoms with Gasteiger partial charge in [-0.1, -0.05) is 66.2 Å². The highest BCUT2D eigenvalue weighted by molar-refractivity contribution is 7.89. The zero-order valence-electron chi connectivity index (χ0n) is 22.5. The highest BCUT2D eigenvalue weighted by Crippen LogP contribution is 2.24. The second kappa shape index (κ2) is 14.1. The highest BCUT2D eigenvalue weighted by atomic mass is 35.5. The molecular weight excluding hydrogens is 560 g/mol. The van der Waals surface area contributed by atoms with Crippen LogP contribution in [0.3, 0.4) is 0 Å². The quantitative estimate of drug-likeness (QED) is 0.191. The smallest absolute Gasteiger partial charge is 0.338 e. The average molecular weight is 591 g/mol. The number of ether oxygens (including phenoxy) is 1. The van der Waals surface area contributed by atoms with Gasteiger partial charge in [-0.05, 0) is 78.6 Å². The minimum atomic E-state index is -3.83.